The van der Waals surface area contributed by atoms with Crippen molar-refractivity contribution in [3.05, 3.63) is 34.7 Å². The van der Waals surface area contributed by atoms with Gasteiger partial charge in [-0.3, -0.25) is 14.9 Å². The van der Waals surface area contributed by atoms with Crippen molar-refractivity contribution in [2.24, 2.45) is 5.92 Å². The van der Waals surface area contributed by atoms with E-state index < -0.39 is 0 Å². The first-order valence-corrected chi connectivity index (χ1v) is 8.80. The lowest BCUT2D eigenvalue weighted by Crippen LogP contribution is -2.24. The van der Waals surface area contributed by atoms with Crippen LogP contribution in [0.25, 0.3) is 0 Å². The lowest BCUT2D eigenvalue weighted by Gasteiger charge is -2.19. The second-order valence-electron chi connectivity index (χ2n) is 5.89. The third-order valence-electron chi connectivity index (χ3n) is 4.26. The molecule has 0 spiro atoms. The summed E-state index contributed by atoms with van der Waals surface area (Å²) < 4.78 is 0. The van der Waals surface area contributed by atoms with Gasteiger partial charge < -0.3 is 5.32 Å². The number of nitrogens with one attached hydrogen (secondary N) is 1. The standard InChI is InChI=1S/C16H23N5S/c1-17-16-10-19-14(8-20-16)7-13-3-2-5-21(6-4-13)11-15-9-18-12-22-15/h8-10,12-13H,2-7,11H2,1H3,(H,17,20). The molecule has 5 nitrogen and oxygen atoms in total. The molecule has 0 saturated carbocycles. The molecule has 0 aromatic carbocycles. The van der Waals surface area contributed by atoms with Crippen molar-refractivity contribution >= 4 is 17.2 Å². The van der Waals surface area contributed by atoms with Gasteiger partial charge in [0.05, 0.1) is 23.6 Å². The highest BCUT2D eigenvalue weighted by Crippen LogP contribution is 2.22. The Balaban J connectivity index is 1.51. The predicted octanol–water partition coefficient (Wildman–Crippen LogP) is 2.82. The highest BCUT2D eigenvalue weighted by molar-refractivity contribution is 7.09. The van der Waals surface area contributed by atoms with Crippen molar-refractivity contribution in [1.29, 1.82) is 0 Å². The van der Waals surface area contributed by atoms with Crippen LogP contribution >= 0.6 is 11.3 Å². The van der Waals surface area contributed by atoms with Gasteiger partial charge in [0.25, 0.3) is 0 Å². The minimum absolute atomic E-state index is 0.723. The molecule has 0 bridgehead atoms. The van der Waals surface area contributed by atoms with E-state index in [9.17, 15) is 0 Å². The normalized spacial score (nSPS) is 19.8. The van der Waals surface area contributed by atoms with Gasteiger partial charge in [0, 0.05) is 24.7 Å². The molecule has 1 atom stereocenters. The molecule has 0 aliphatic carbocycles. The van der Waals surface area contributed by atoms with E-state index in [1.807, 2.05) is 31.1 Å². The van der Waals surface area contributed by atoms with E-state index in [0.717, 1.165) is 30.4 Å². The summed E-state index contributed by atoms with van der Waals surface area (Å²) in [6, 6.07) is 0. The van der Waals surface area contributed by atoms with Crippen molar-refractivity contribution in [1.82, 2.24) is 19.9 Å². The van der Waals surface area contributed by atoms with Crippen LogP contribution in [0.4, 0.5) is 5.82 Å². The molecule has 0 radical (unpaired) electrons. The maximum atomic E-state index is 4.51. The topological polar surface area (TPSA) is 53.9 Å². The fraction of sp³-hybridized carbons (Fsp3) is 0.562. The summed E-state index contributed by atoms with van der Waals surface area (Å²) in [4.78, 5) is 17.0. The molecule has 6 heteroatoms. The quantitative estimate of drug-likeness (QED) is 0.919. The summed E-state index contributed by atoms with van der Waals surface area (Å²) >= 11 is 1.75. The Morgan fingerprint density at radius 2 is 2.18 bits per heavy atom. The van der Waals surface area contributed by atoms with Gasteiger partial charge in [-0.05, 0) is 44.7 Å². The van der Waals surface area contributed by atoms with Crippen molar-refractivity contribution in [2.75, 3.05) is 25.5 Å². The number of hydrogen-bond acceptors (Lipinski definition) is 6. The summed E-state index contributed by atoms with van der Waals surface area (Å²) in [5.41, 5.74) is 3.03. The largest absolute Gasteiger partial charge is 0.372 e. The number of aromatic nitrogens is 3. The maximum Gasteiger partial charge on any atom is 0.144 e. The molecule has 22 heavy (non-hydrogen) atoms. The number of nitrogens with zero attached hydrogens (tertiary/aromatic N) is 4. The van der Waals surface area contributed by atoms with E-state index >= 15 is 0 Å². The van der Waals surface area contributed by atoms with Gasteiger partial charge in [-0.15, -0.1) is 11.3 Å². The minimum Gasteiger partial charge on any atom is -0.372 e. The number of likely N-dealkylation sites (tertiary alicyclic amines) is 1. The highest BCUT2D eigenvalue weighted by atomic mass is 32.1. The molecular formula is C16H23N5S. The second kappa shape index (κ2) is 7.65. The Morgan fingerprint density at radius 1 is 1.23 bits per heavy atom. The van der Waals surface area contributed by atoms with Gasteiger partial charge in [-0.25, -0.2) is 4.98 Å². The molecule has 0 amide bonds. The first kappa shape index (κ1) is 15.4. The van der Waals surface area contributed by atoms with Crippen LogP contribution in [-0.2, 0) is 13.0 Å². The van der Waals surface area contributed by atoms with Gasteiger partial charge in [0.2, 0.25) is 0 Å². The van der Waals surface area contributed by atoms with E-state index in [4.69, 9.17) is 0 Å². The van der Waals surface area contributed by atoms with Crippen molar-refractivity contribution in [2.45, 2.75) is 32.2 Å². The molecule has 1 fully saturated rings. The van der Waals surface area contributed by atoms with Crippen LogP contribution in [0.3, 0.4) is 0 Å². The molecule has 3 rings (SSSR count). The average Bonchev–Trinajstić information content (AvgIpc) is 2.96. The Bertz CT molecular complexity index is 554. The number of rotatable bonds is 5. The third-order valence-corrected chi connectivity index (χ3v) is 5.03. The van der Waals surface area contributed by atoms with Gasteiger partial charge in [0.15, 0.2) is 0 Å². The van der Waals surface area contributed by atoms with Gasteiger partial charge >= 0.3 is 0 Å². The van der Waals surface area contributed by atoms with Crippen LogP contribution in [0.5, 0.6) is 0 Å². The molecule has 1 N–H and O–H groups in total. The van der Waals surface area contributed by atoms with E-state index in [1.54, 1.807) is 11.3 Å². The first-order chi connectivity index (χ1) is 10.8. The molecular weight excluding hydrogens is 294 g/mol. The van der Waals surface area contributed by atoms with Crippen LogP contribution < -0.4 is 5.32 Å². The molecule has 1 unspecified atom stereocenters. The van der Waals surface area contributed by atoms with Crippen molar-refractivity contribution in [3.63, 3.8) is 0 Å². The van der Waals surface area contributed by atoms with E-state index in [0.29, 0.717) is 0 Å². The monoisotopic (exact) mass is 317 g/mol. The lowest BCUT2D eigenvalue weighted by atomic mass is 9.95. The maximum absolute atomic E-state index is 4.51. The second-order valence-corrected chi connectivity index (χ2v) is 6.86. The van der Waals surface area contributed by atoms with Gasteiger partial charge in [-0.2, -0.15) is 0 Å². The van der Waals surface area contributed by atoms with Crippen molar-refractivity contribution < 1.29 is 0 Å². The van der Waals surface area contributed by atoms with Crippen LogP contribution in [0, 0.1) is 5.92 Å². The van der Waals surface area contributed by atoms with Crippen LogP contribution in [0.15, 0.2) is 24.1 Å². The molecule has 1 aliphatic rings. The molecule has 3 heterocycles. The lowest BCUT2D eigenvalue weighted by molar-refractivity contribution is 0.274. The molecule has 118 valence electrons. The Kier molecular flexibility index (Phi) is 5.34. The Hall–Kier alpha value is -1.53. The molecule has 1 saturated heterocycles. The van der Waals surface area contributed by atoms with Crippen LogP contribution in [0.1, 0.15) is 29.8 Å². The van der Waals surface area contributed by atoms with E-state index in [2.05, 4.69) is 25.2 Å². The number of thiazole rings is 1. The first-order valence-electron chi connectivity index (χ1n) is 7.92. The zero-order chi connectivity index (χ0) is 15.2. The number of hydrogen-bond donors (Lipinski definition) is 1. The summed E-state index contributed by atoms with van der Waals surface area (Å²) in [5.74, 6) is 1.56. The van der Waals surface area contributed by atoms with Crippen LogP contribution in [0.2, 0.25) is 0 Å². The SMILES string of the molecule is CNc1cnc(CC2CCCN(Cc3cncs3)CC2)cn1. The predicted molar refractivity (Wildman–Crippen MR) is 90.0 cm³/mol. The van der Waals surface area contributed by atoms with E-state index in [1.165, 1.54) is 37.2 Å². The summed E-state index contributed by atoms with van der Waals surface area (Å²) in [6.07, 6.45) is 10.6. The summed E-state index contributed by atoms with van der Waals surface area (Å²) in [7, 11) is 1.87. The Morgan fingerprint density at radius 3 is 2.91 bits per heavy atom. The zero-order valence-corrected chi connectivity index (χ0v) is 13.9. The molecule has 1 aliphatic heterocycles. The molecule has 2 aromatic rings. The van der Waals surface area contributed by atoms with E-state index in [-0.39, 0.29) is 0 Å². The fourth-order valence-corrected chi connectivity index (χ4v) is 3.65. The average molecular weight is 317 g/mol. The van der Waals surface area contributed by atoms with Gasteiger partial charge in [0.1, 0.15) is 5.82 Å². The molecule has 2 aromatic heterocycles. The smallest absolute Gasteiger partial charge is 0.144 e. The van der Waals surface area contributed by atoms with Gasteiger partial charge in [-0.1, -0.05) is 0 Å². The summed E-state index contributed by atoms with van der Waals surface area (Å²) in [6.45, 7) is 3.41. The van der Waals surface area contributed by atoms with Crippen LogP contribution in [-0.4, -0.2) is 40.0 Å². The fourth-order valence-electron chi connectivity index (χ4n) is 3.01. The number of anilines is 1. The zero-order valence-electron chi connectivity index (χ0n) is 13.0. The third kappa shape index (κ3) is 4.24. The minimum atomic E-state index is 0.723. The highest BCUT2D eigenvalue weighted by Gasteiger charge is 2.18. The Labute approximate surface area is 135 Å². The van der Waals surface area contributed by atoms with Crippen molar-refractivity contribution in [3.8, 4) is 0 Å². The summed E-state index contributed by atoms with van der Waals surface area (Å²) in [5, 5.41) is 3.01.